The molecular formula is C15H25BrN2. The maximum absolute atomic E-state index is 5.90. The first-order chi connectivity index (χ1) is 8.58. The van der Waals surface area contributed by atoms with Crippen LogP contribution in [0.25, 0.3) is 0 Å². The van der Waals surface area contributed by atoms with Crippen molar-refractivity contribution in [3.05, 3.63) is 22.2 Å². The number of hydrogen-bond acceptors (Lipinski definition) is 2. The molecule has 0 aromatic heterocycles. The van der Waals surface area contributed by atoms with Crippen LogP contribution in [-0.2, 0) is 0 Å². The minimum atomic E-state index is 0.564. The quantitative estimate of drug-likeness (QED) is 0.686. The summed E-state index contributed by atoms with van der Waals surface area (Å²) in [6.07, 6.45) is 6.20. The Hall–Kier alpha value is -0.700. The molecule has 0 aliphatic rings. The van der Waals surface area contributed by atoms with Gasteiger partial charge in [0.25, 0.3) is 0 Å². The van der Waals surface area contributed by atoms with Crippen molar-refractivity contribution in [1.82, 2.24) is 0 Å². The van der Waals surface area contributed by atoms with Crippen LogP contribution in [0.15, 0.2) is 16.6 Å². The first-order valence-electron chi connectivity index (χ1n) is 6.90. The van der Waals surface area contributed by atoms with Gasteiger partial charge in [-0.1, -0.05) is 33.1 Å². The fourth-order valence-corrected chi connectivity index (χ4v) is 2.59. The van der Waals surface area contributed by atoms with Gasteiger partial charge in [-0.3, -0.25) is 0 Å². The van der Waals surface area contributed by atoms with Gasteiger partial charge in [-0.05, 0) is 53.4 Å². The molecular weight excluding hydrogens is 288 g/mol. The SMILES string of the molecule is CCCCC(CCC)Nc1cc(C)c(N)cc1Br. The number of rotatable bonds is 7. The third-order valence-corrected chi connectivity index (χ3v) is 3.91. The minimum Gasteiger partial charge on any atom is -0.398 e. The first-order valence-corrected chi connectivity index (χ1v) is 7.69. The van der Waals surface area contributed by atoms with E-state index in [1.807, 2.05) is 13.0 Å². The van der Waals surface area contributed by atoms with E-state index in [0.717, 1.165) is 21.4 Å². The fourth-order valence-electron chi connectivity index (χ4n) is 2.12. The van der Waals surface area contributed by atoms with Crippen LogP contribution in [0.2, 0.25) is 0 Å². The highest BCUT2D eigenvalue weighted by Gasteiger charge is 2.10. The normalized spacial score (nSPS) is 12.4. The zero-order valence-electron chi connectivity index (χ0n) is 11.7. The lowest BCUT2D eigenvalue weighted by atomic mass is 10.0. The van der Waals surface area contributed by atoms with Gasteiger partial charge >= 0.3 is 0 Å². The summed E-state index contributed by atoms with van der Waals surface area (Å²) < 4.78 is 1.06. The number of unbranched alkanes of at least 4 members (excludes halogenated alkanes) is 1. The lowest BCUT2D eigenvalue weighted by Crippen LogP contribution is -2.19. The van der Waals surface area contributed by atoms with E-state index >= 15 is 0 Å². The molecule has 0 heterocycles. The molecule has 3 heteroatoms. The Bertz CT molecular complexity index is 377. The summed E-state index contributed by atoms with van der Waals surface area (Å²) in [4.78, 5) is 0. The van der Waals surface area contributed by atoms with Crippen LogP contribution < -0.4 is 11.1 Å². The predicted molar refractivity (Wildman–Crippen MR) is 85.1 cm³/mol. The largest absolute Gasteiger partial charge is 0.398 e. The van der Waals surface area contributed by atoms with E-state index in [4.69, 9.17) is 5.73 Å². The number of nitrogens with one attached hydrogen (secondary N) is 1. The van der Waals surface area contributed by atoms with Crippen molar-refractivity contribution in [2.75, 3.05) is 11.1 Å². The molecule has 0 saturated carbocycles. The van der Waals surface area contributed by atoms with Gasteiger partial charge in [0.15, 0.2) is 0 Å². The van der Waals surface area contributed by atoms with Crippen molar-refractivity contribution in [2.24, 2.45) is 0 Å². The molecule has 0 spiro atoms. The van der Waals surface area contributed by atoms with Gasteiger partial charge in [0.1, 0.15) is 0 Å². The van der Waals surface area contributed by atoms with Gasteiger partial charge in [0.05, 0.1) is 0 Å². The van der Waals surface area contributed by atoms with Crippen LogP contribution in [-0.4, -0.2) is 6.04 Å². The summed E-state index contributed by atoms with van der Waals surface area (Å²) in [6.45, 7) is 6.53. The fraction of sp³-hybridized carbons (Fsp3) is 0.600. The molecule has 0 aliphatic carbocycles. The second-order valence-corrected chi connectivity index (χ2v) is 5.82. The van der Waals surface area contributed by atoms with Crippen LogP contribution >= 0.6 is 15.9 Å². The minimum absolute atomic E-state index is 0.564. The van der Waals surface area contributed by atoms with E-state index in [1.54, 1.807) is 0 Å². The number of anilines is 2. The standard InChI is InChI=1S/C15H25BrN2/c1-4-6-8-12(7-5-2)18-15-9-11(3)14(17)10-13(15)16/h9-10,12,18H,4-8,17H2,1-3H3. The molecule has 18 heavy (non-hydrogen) atoms. The van der Waals surface area contributed by atoms with Crippen molar-refractivity contribution in [2.45, 2.75) is 58.9 Å². The van der Waals surface area contributed by atoms with Crippen LogP contribution in [0.3, 0.4) is 0 Å². The summed E-state index contributed by atoms with van der Waals surface area (Å²) in [5.74, 6) is 0. The van der Waals surface area contributed by atoms with Gasteiger partial charge in [-0.2, -0.15) is 0 Å². The zero-order chi connectivity index (χ0) is 13.5. The average Bonchev–Trinajstić information content (AvgIpc) is 2.33. The summed E-state index contributed by atoms with van der Waals surface area (Å²) in [5.41, 5.74) is 9.04. The summed E-state index contributed by atoms with van der Waals surface area (Å²) in [5, 5.41) is 3.65. The van der Waals surface area contributed by atoms with Crippen LogP contribution in [0.1, 0.15) is 51.5 Å². The van der Waals surface area contributed by atoms with Crippen molar-refractivity contribution in [1.29, 1.82) is 0 Å². The molecule has 3 N–H and O–H groups in total. The molecule has 0 radical (unpaired) electrons. The lowest BCUT2D eigenvalue weighted by molar-refractivity contribution is 0.564. The molecule has 0 aliphatic heterocycles. The van der Waals surface area contributed by atoms with Crippen molar-refractivity contribution >= 4 is 27.3 Å². The summed E-state index contributed by atoms with van der Waals surface area (Å²) in [7, 11) is 0. The maximum Gasteiger partial charge on any atom is 0.0490 e. The number of aryl methyl sites for hydroxylation is 1. The third-order valence-electron chi connectivity index (χ3n) is 3.26. The van der Waals surface area contributed by atoms with Gasteiger partial charge in [0.2, 0.25) is 0 Å². The molecule has 1 rings (SSSR count). The molecule has 1 aromatic rings. The highest BCUT2D eigenvalue weighted by Crippen LogP contribution is 2.29. The van der Waals surface area contributed by atoms with E-state index in [0.29, 0.717) is 6.04 Å². The van der Waals surface area contributed by atoms with Gasteiger partial charge in [-0.25, -0.2) is 0 Å². The Morgan fingerprint density at radius 2 is 1.94 bits per heavy atom. The van der Waals surface area contributed by atoms with Crippen molar-refractivity contribution in [3.63, 3.8) is 0 Å². The summed E-state index contributed by atoms with van der Waals surface area (Å²) in [6, 6.07) is 4.68. The number of nitrogens with two attached hydrogens (primary N) is 1. The number of nitrogen functional groups attached to an aromatic ring is 1. The third kappa shape index (κ3) is 4.52. The maximum atomic E-state index is 5.90. The second-order valence-electron chi connectivity index (χ2n) is 4.96. The number of benzene rings is 1. The Labute approximate surface area is 119 Å². The monoisotopic (exact) mass is 312 g/mol. The van der Waals surface area contributed by atoms with Crippen LogP contribution in [0, 0.1) is 6.92 Å². The Kier molecular flexibility index (Phi) is 6.55. The Balaban J connectivity index is 2.76. The second kappa shape index (κ2) is 7.67. The number of halogens is 1. The topological polar surface area (TPSA) is 38.0 Å². The Morgan fingerprint density at radius 3 is 2.56 bits per heavy atom. The summed E-state index contributed by atoms with van der Waals surface area (Å²) >= 11 is 3.59. The van der Waals surface area contributed by atoms with Crippen molar-refractivity contribution in [3.8, 4) is 0 Å². The highest BCUT2D eigenvalue weighted by molar-refractivity contribution is 9.10. The number of hydrogen-bond donors (Lipinski definition) is 2. The van der Waals surface area contributed by atoms with E-state index in [1.165, 1.54) is 32.1 Å². The van der Waals surface area contributed by atoms with E-state index in [2.05, 4.69) is 41.2 Å². The first kappa shape index (κ1) is 15.4. The molecule has 0 saturated heterocycles. The molecule has 1 atom stereocenters. The smallest absolute Gasteiger partial charge is 0.0490 e. The highest BCUT2D eigenvalue weighted by atomic mass is 79.9. The predicted octanol–water partition coefficient (Wildman–Crippen LogP) is 5.11. The van der Waals surface area contributed by atoms with Gasteiger partial charge in [-0.15, -0.1) is 0 Å². The molecule has 0 bridgehead atoms. The Morgan fingerprint density at radius 1 is 1.22 bits per heavy atom. The van der Waals surface area contributed by atoms with Crippen molar-refractivity contribution < 1.29 is 0 Å². The zero-order valence-corrected chi connectivity index (χ0v) is 13.3. The molecule has 2 nitrogen and oxygen atoms in total. The van der Waals surface area contributed by atoms with Gasteiger partial charge in [0, 0.05) is 21.9 Å². The van der Waals surface area contributed by atoms with E-state index < -0.39 is 0 Å². The lowest BCUT2D eigenvalue weighted by Gasteiger charge is -2.21. The van der Waals surface area contributed by atoms with E-state index in [-0.39, 0.29) is 0 Å². The van der Waals surface area contributed by atoms with E-state index in [9.17, 15) is 0 Å². The van der Waals surface area contributed by atoms with Crippen LogP contribution in [0.5, 0.6) is 0 Å². The van der Waals surface area contributed by atoms with Crippen LogP contribution in [0.4, 0.5) is 11.4 Å². The molecule has 0 amide bonds. The van der Waals surface area contributed by atoms with Gasteiger partial charge < -0.3 is 11.1 Å². The molecule has 102 valence electrons. The molecule has 1 unspecified atom stereocenters. The molecule has 0 fully saturated rings. The average molecular weight is 313 g/mol. The molecule has 1 aromatic carbocycles.